The van der Waals surface area contributed by atoms with E-state index in [-0.39, 0.29) is 23.2 Å². The molecule has 7 nitrogen and oxygen atoms in total. The molecule has 0 heterocycles. The Morgan fingerprint density at radius 1 is 1.62 bits per heavy atom. The van der Waals surface area contributed by atoms with Crippen LogP contribution in [0, 0.1) is 21.4 Å². The van der Waals surface area contributed by atoms with Crippen molar-refractivity contribution in [1.82, 2.24) is 0 Å². The highest BCUT2D eigenvalue weighted by molar-refractivity contribution is 5.91. The SMILES string of the molecule is N#Cc1ccc(C(=O)O)c(CN)c1[N+](=O)[O-]. The zero-order valence-electron chi connectivity index (χ0n) is 8.01. The lowest BCUT2D eigenvalue weighted by Gasteiger charge is -2.05. The first kappa shape index (κ1) is 11.6. The van der Waals surface area contributed by atoms with E-state index in [9.17, 15) is 14.9 Å². The smallest absolute Gasteiger partial charge is 0.336 e. The molecule has 0 aliphatic carbocycles. The minimum atomic E-state index is -1.31. The summed E-state index contributed by atoms with van der Waals surface area (Å²) in [4.78, 5) is 20.7. The molecule has 1 aromatic rings. The highest BCUT2D eigenvalue weighted by Crippen LogP contribution is 2.26. The van der Waals surface area contributed by atoms with Crippen LogP contribution in [0.4, 0.5) is 5.69 Å². The molecule has 7 heteroatoms. The minimum Gasteiger partial charge on any atom is -0.478 e. The van der Waals surface area contributed by atoms with Gasteiger partial charge in [0.05, 0.1) is 16.1 Å². The molecule has 0 saturated carbocycles. The Bertz CT molecular complexity index is 504. The summed E-state index contributed by atoms with van der Waals surface area (Å²) in [5.74, 6) is -1.31. The maximum atomic E-state index is 10.8. The molecule has 0 unspecified atom stereocenters. The zero-order chi connectivity index (χ0) is 12.3. The summed E-state index contributed by atoms with van der Waals surface area (Å²) in [5.41, 5.74) is 4.14. The number of nitrogens with zero attached hydrogens (tertiary/aromatic N) is 2. The Labute approximate surface area is 89.9 Å². The molecule has 0 aromatic heterocycles. The van der Waals surface area contributed by atoms with Crippen molar-refractivity contribution in [3.05, 3.63) is 38.9 Å². The van der Waals surface area contributed by atoms with Crippen LogP contribution in [0.3, 0.4) is 0 Å². The van der Waals surface area contributed by atoms with Crippen molar-refractivity contribution >= 4 is 11.7 Å². The van der Waals surface area contributed by atoms with Crippen molar-refractivity contribution in [3.8, 4) is 6.07 Å². The average molecular weight is 221 g/mol. The first-order valence-electron chi connectivity index (χ1n) is 4.16. The molecule has 1 rings (SSSR count). The van der Waals surface area contributed by atoms with Gasteiger partial charge in [0.15, 0.2) is 0 Å². The Hall–Kier alpha value is -2.46. The molecule has 16 heavy (non-hydrogen) atoms. The fourth-order valence-corrected chi connectivity index (χ4v) is 1.34. The van der Waals surface area contributed by atoms with Crippen molar-refractivity contribution in [2.24, 2.45) is 5.73 Å². The maximum Gasteiger partial charge on any atom is 0.336 e. The fraction of sp³-hybridized carbons (Fsp3) is 0.111. The van der Waals surface area contributed by atoms with Gasteiger partial charge in [-0.25, -0.2) is 4.79 Å². The largest absolute Gasteiger partial charge is 0.478 e. The number of carboxylic acids is 1. The van der Waals surface area contributed by atoms with Crippen molar-refractivity contribution in [2.75, 3.05) is 0 Å². The minimum absolute atomic E-state index is 0.142. The quantitative estimate of drug-likeness (QED) is 0.568. The van der Waals surface area contributed by atoms with Crippen LogP contribution in [-0.4, -0.2) is 16.0 Å². The predicted molar refractivity (Wildman–Crippen MR) is 52.7 cm³/mol. The van der Waals surface area contributed by atoms with Crippen molar-refractivity contribution in [3.63, 3.8) is 0 Å². The number of aromatic carboxylic acids is 1. The second kappa shape index (κ2) is 4.37. The maximum absolute atomic E-state index is 10.8. The van der Waals surface area contributed by atoms with E-state index in [1.54, 1.807) is 6.07 Å². The highest BCUT2D eigenvalue weighted by atomic mass is 16.6. The summed E-state index contributed by atoms with van der Waals surface area (Å²) in [6.07, 6.45) is 0. The van der Waals surface area contributed by atoms with E-state index in [2.05, 4.69) is 0 Å². The molecule has 0 amide bonds. The van der Waals surface area contributed by atoms with E-state index in [4.69, 9.17) is 16.1 Å². The van der Waals surface area contributed by atoms with Gasteiger partial charge in [-0.3, -0.25) is 10.1 Å². The standard InChI is InChI=1S/C9H7N3O4/c10-3-5-1-2-6(9(13)14)7(4-11)8(5)12(15)16/h1-2H,4,11H2,(H,13,14). The molecule has 0 saturated heterocycles. The Balaban J connectivity index is 3.64. The molecule has 1 aromatic carbocycles. The van der Waals surface area contributed by atoms with Gasteiger partial charge in [-0.1, -0.05) is 0 Å². The summed E-state index contributed by atoms with van der Waals surface area (Å²) in [6.45, 7) is -0.312. The van der Waals surface area contributed by atoms with Crippen LogP contribution in [0.5, 0.6) is 0 Å². The summed E-state index contributed by atoms with van der Waals surface area (Å²) >= 11 is 0. The Kier molecular flexibility index (Phi) is 3.17. The summed E-state index contributed by atoms with van der Waals surface area (Å²) in [7, 11) is 0. The van der Waals surface area contributed by atoms with Gasteiger partial charge in [0, 0.05) is 6.54 Å². The van der Waals surface area contributed by atoms with E-state index in [0.717, 1.165) is 12.1 Å². The highest BCUT2D eigenvalue weighted by Gasteiger charge is 2.24. The van der Waals surface area contributed by atoms with Crippen LogP contribution in [0.1, 0.15) is 21.5 Å². The third kappa shape index (κ3) is 1.82. The van der Waals surface area contributed by atoms with Gasteiger partial charge in [-0.2, -0.15) is 5.26 Å². The Morgan fingerprint density at radius 3 is 2.62 bits per heavy atom. The van der Waals surface area contributed by atoms with Crippen molar-refractivity contribution in [2.45, 2.75) is 6.54 Å². The van der Waals surface area contributed by atoms with Crippen LogP contribution < -0.4 is 5.73 Å². The number of benzene rings is 1. The van der Waals surface area contributed by atoms with Gasteiger partial charge in [-0.15, -0.1) is 0 Å². The van der Waals surface area contributed by atoms with Gasteiger partial charge < -0.3 is 10.8 Å². The van der Waals surface area contributed by atoms with Crippen molar-refractivity contribution in [1.29, 1.82) is 5.26 Å². The topological polar surface area (TPSA) is 130 Å². The number of carbonyl (C=O) groups is 1. The zero-order valence-corrected chi connectivity index (χ0v) is 8.01. The molecule has 3 N–H and O–H groups in total. The van der Waals surface area contributed by atoms with Crippen LogP contribution in [-0.2, 0) is 6.54 Å². The number of nitro benzene ring substituents is 1. The van der Waals surface area contributed by atoms with E-state index in [0.29, 0.717) is 0 Å². The lowest BCUT2D eigenvalue weighted by molar-refractivity contribution is -0.385. The monoisotopic (exact) mass is 221 g/mol. The number of nitriles is 1. The van der Waals surface area contributed by atoms with Gasteiger partial charge in [-0.05, 0) is 12.1 Å². The molecule has 0 spiro atoms. The van der Waals surface area contributed by atoms with Crippen molar-refractivity contribution < 1.29 is 14.8 Å². The van der Waals surface area contributed by atoms with E-state index < -0.39 is 16.6 Å². The molecule has 0 radical (unpaired) electrons. The average Bonchev–Trinajstić information content (AvgIpc) is 2.26. The number of nitro groups is 1. The van der Waals surface area contributed by atoms with Gasteiger partial charge in [0.25, 0.3) is 5.69 Å². The molecule has 82 valence electrons. The first-order chi connectivity index (χ1) is 7.52. The number of nitrogens with two attached hydrogens (primary N) is 1. The summed E-state index contributed by atoms with van der Waals surface area (Å²) < 4.78 is 0. The third-order valence-corrected chi connectivity index (χ3v) is 2.02. The van der Waals surface area contributed by atoms with Gasteiger partial charge >= 0.3 is 5.97 Å². The van der Waals surface area contributed by atoms with Crippen LogP contribution >= 0.6 is 0 Å². The fourth-order valence-electron chi connectivity index (χ4n) is 1.34. The number of rotatable bonds is 3. The molecular formula is C9H7N3O4. The normalized spacial score (nSPS) is 9.50. The third-order valence-electron chi connectivity index (χ3n) is 2.02. The molecule has 0 aliphatic rings. The van der Waals surface area contributed by atoms with Crippen LogP contribution in [0.25, 0.3) is 0 Å². The van der Waals surface area contributed by atoms with E-state index >= 15 is 0 Å². The molecule has 0 atom stereocenters. The van der Waals surface area contributed by atoms with Gasteiger partial charge in [0.2, 0.25) is 0 Å². The second-order valence-electron chi connectivity index (χ2n) is 2.87. The number of carboxylic acid groups (broad SMARTS) is 1. The molecule has 0 bridgehead atoms. The lowest BCUT2D eigenvalue weighted by Crippen LogP contribution is -2.11. The summed E-state index contributed by atoms with van der Waals surface area (Å²) in [5, 5.41) is 28.2. The van der Waals surface area contributed by atoms with Crippen LogP contribution in [0.2, 0.25) is 0 Å². The predicted octanol–water partition coefficient (Wildman–Crippen LogP) is 0.623. The van der Waals surface area contributed by atoms with E-state index in [1.807, 2.05) is 0 Å². The van der Waals surface area contributed by atoms with Crippen LogP contribution in [0.15, 0.2) is 12.1 Å². The van der Waals surface area contributed by atoms with Gasteiger partial charge in [0.1, 0.15) is 11.6 Å². The number of hydrogen-bond donors (Lipinski definition) is 2. The molecule has 0 aliphatic heterocycles. The second-order valence-corrected chi connectivity index (χ2v) is 2.87. The Morgan fingerprint density at radius 2 is 2.25 bits per heavy atom. The molecular weight excluding hydrogens is 214 g/mol. The summed E-state index contributed by atoms with van der Waals surface area (Å²) in [6, 6.07) is 3.86. The first-order valence-corrected chi connectivity index (χ1v) is 4.16. The van der Waals surface area contributed by atoms with E-state index in [1.165, 1.54) is 0 Å². The lowest BCUT2D eigenvalue weighted by atomic mass is 10.0. The number of hydrogen-bond acceptors (Lipinski definition) is 5. The molecule has 0 fully saturated rings.